The third-order valence-electron chi connectivity index (χ3n) is 19.4. The van der Waals surface area contributed by atoms with Crippen molar-refractivity contribution in [3.05, 3.63) is 27.3 Å². The van der Waals surface area contributed by atoms with Crippen LogP contribution in [0.15, 0.2) is 18.2 Å². The van der Waals surface area contributed by atoms with Crippen molar-refractivity contribution >= 4 is 67.8 Å². The largest absolute Gasteiger partial charge is 0.507 e. The fourth-order valence-electron chi connectivity index (χ4n) is 13.9. The maximum atomic E-state index is 14.6. The first-order valence-electron chi connectivity index (χ1n) is 31.9. The van der Waals surface area contributed by atoms with Crippen LogP contribution in [-0.2, 0) is 77.0 Å². The van der Waals surface area contributed by atoms with Crippen LogP contribution in [0.5, 0.6) is 5.75 Å². The summed E-state index contributed by atoms with van der Waals surface area (Å²) in [6.07, 6.45) is -30.0. The highest BCUT2D eigenvalue weighted by Gasteiger charge is 2.70. The number of carbonyl (C=O) groups excluding carboxylic acids is 5. The zero-order valence-electron chi connectivity index (χ0n) is 53.7. The molecule has 566 valence electrons. The number of phosphoric acid groups is 2. The molecule has 25 N–H and O–H groups in total. The van der Waals surface area contributed by atoms with Crippen LogP contribution in [0.2, 0.25) is 0 Å². The minimum atomic E-state index is -5.19. The van der Waals surface area contributed by atoms with Crippen molar-refractivity contribution in [2.75, 3.05) is 33.0 Å². The molecule has 42 heteroatoms. The molecule has 39 nitrogen and oxygen atoms in total. The normalized spacial score (nSPS) is 36.7. The van der Waals surface area contributed by atoms with Gasteiger partial charge in [0.05, 0.1) is 127 Å². The van der Waals surface area contributed by atoms with Gasteiger partial charge in [0.1, 0.15) is 23.9 Å². The van der Waals surface area contributed by atoms with E-state index in [-0.39, 0.29) is 43.9 Å². The van der Waals surface area contributed by atoms with E-state index in [1.807, 2.05) is 22.6 Å². The number of ether oxygens (including phenoxy) is 6. The van der Waals surface area contributed by atoms with Crippen LogP contribution in [-0.4, -0.2) is 287 Å². The number of aromatic hydroxyl groups is 1. The lowest BCUT2D eigenvalue weighted by molar-refractivity contribution is -0.505. The van der Waals surface area contributed by atoms with Gasteiger partial charge in [0.15, 0.2) is 36.7 Å². The van der Waals surface area contributed by atoms with E-state index in [0.717, 1.165) is 12.5 Å². The number of phenolic OH excluding ortho intramolecular Hbond substituents is 1. The average Bonchev–Trinajstić information content (AvgIpc) is 0.717. The number of phosphoric ester groups is 2. The highest BCUT2D eigenvalue weighted by atomic mass is 123. The van der Waals surface area contributed by atoms with Gasteiger partial charge in [0, 0.05) is 43.6 Å². The molecule has 4 saturated carbocycles. The maximum absolute atomic E-state index is 14.6. The number of nitrogens with two attached hydrogens (primary N) is 1. The van der Waals surface area contributed by atoms with Crippen molar-refractivity contribution in [1.82, 2.24) is 21.3 Å². The lowest BCUT2D eigenvalue weighted by atomic mass is 9.68. The van der Waals surface area contributed by atoms with Crippen molar-refractivity contribution in [1.29, 1.82) is 0 Å². The van der Waals surface area contributed by atoms with Gasteiger partial charge < -0.3 is 152 Å². The van der Waals surface area contributed by atoms with E-state index in [2.05, 4.69) is 30.3 Å². The van der Waals surface area contributed by atoms with Gasteiger partial charge in [-0.25, -0.2) is 9.13 Å². The summed E-state index contributed by atoms with van der Waals surface area (Å²) in [7, 11) is -10.4. The fraction of sp³-hybridized carbons (Fsp3) is 0.807. The second-order valence-electron chi connectivity index (χ2n) is 26.1. The Balaban J connectivity index is 1.08. The Bertz CT molecular complexity index is 3020. The Morgan fingerprint density at radius 3 is 1.89 bits per heavy atom. The number of aliphatic hydroxyl groups excluding tert-OH is 13. The number of fused-ring (bicyclic) bond motifs is 2. The number of aliphatic hydroxyl groups is 14. The predicted molar refractivity (Wildman–Crippen MR) is 334 cm³/mol. The summed E-state index contributed by atoms with van der Waals surface area (Å²) in [6, 6.07) is -0.534. The Morgan fingerprint density at radius 1 is 0.697 bits per heavy atom. The quantitative estimate of drug-likeness (QED) is 0.0132. The van der Waals surface area contributed by atoms with E-state index >= 15 is 0 Å². The smallest absolute Gasteiger partial charge is 0.469 e. The Hall–Kier alpha value is -3.48. The number of rotatable bonds is 34. The van der Waals surface area contributed by atoms with E-state index < -0.39 is 267 Å². The van der Waals surface area contributed by atoms with E-state index in [9.17, 15) is 129 Å². The summed E-state index contributed by atoms with van der Waals surface area (Å²) in [5.41, 5.74) is 6.62. The molecule has 2 heterocycles. The molecule has 1 aromatic carbocycles. The molecule has 4 aliphatic carbocycles. The van der Waals surface area contributed by atoms with Crippen LogP contribution < -0.4 is 27.0 Å². The molecule has 6 fully saturated rings. The highest BCUT2D eigenvalue weighted by Crippen LogP contribution is 2.56. The summed E-state index contributed by atoms with van der Waals surface area (Å²) in [5, 5.41) is 174. The maximum Gasteiger partial charge on any atom is 0.469 e. The van der Waals surface area contributed by atoms with Gasteiger partial charge in [-0.15, -0.1) is 0 Å². The number of carbonyl (C=O) groups is 5. The molecule has 5 amide bonds. The topological polar surface area (TPSA) is 652 Å². The number of halogens is 1. The molecule has 6 aliphatic rings. The number of amides is 5. The number of hydrogen-bond acceptors (Lipinski definition) is 30. The molecule has 2 saturated heterocycles. The van der Waals surface area contributed by atoms with E-state index in [0.29, 0.717) is 9.99 Å². The van der Waals surface area contributed by atoms with E-state index in [1.165, 1.54) is 19.9 Å². The molecule has 0 spiro atoms. The molecular formula is C57H92IN5O34P2. The van der Waals surface area contributed by atoms with Gasteiger partial charge in [-0.2, -0.15) is 0 Å². The van der Waals surface area contributed by atoms with Crippen LogP contribution >= 0.6 is 38.2 Å². The SMILES string of the molecule is CC(=O)N[C@H](C(=O)N[C@@H](CCCCNC(=O)CCc1ccc(O)c([123I])c1)C(=O)NC(C(N)=O)C(C)OC1OC2(OC(O)[C@H]3C[C@@H](O)[C@H](O)C(COP(=O)(O)O)C3O)C(CO)[C@@H](O)[C@H](O)C[C@H]12)[C@@H](C)OC(O)[C@H]1C[C@@H](O)[C@H](O)C(CO)C1OC1OC2(O)C1C[C@@H](O)[C@H](O)C2COP(=O)(O)O. The summed E-state index contributed by atoms with van der Waals surface area (Å²) in [6.45, 7) is -0.507. The monoisotopic (exact) mass is 1580 g/mol. The minimum absolute atomic E-state index is 0.0380. The van der Waals surface area contributed by atoms with Crippen molar-refractivity contribution in [3.63, 3.8) is 0 Å². The molecule has 29 atom stereocenters. The summed E-state index contributed by atoms with van der Waals surface area (Å²) in [5.74, 6) is -21.5. The number of aryl methyl sites for hydroxylation is 1. The van der Waals surface area contributed by atoms with Gasteiger partial charge in [0.2, 0.25) is 29.5 Å². The van der Waals surface area contributed by atoms with E-state index in [4.69, 9.17) is 34.2 Å². The lowest BCUT2D eigenvalue weighted by Crippen LogP contribution is -2.75. The van der Waals surface area contributed by atoms with Crippen LogP contribution in [0.4, 0.5) is 0 Å². The number of benzene rings is 1. The van der Waals surface area contributed by atoms with Gasteiger partial charge >= 0.3 is 15.6 Å². The van der Waals surface area contributed by atoms with Crippen LogP contribution in [0.25, 0.3) is 0 Å². The number of nitrogens with one attached hydrogen (secondary N) is 4. The average molecular weight is 1580 g/mol. The third kappa shape index (κ3) is 19.9. The van der Waals surface area contributed by atoms with Crippen LogP contribution in [0, 0.1) is 50.9 Å². The number of hydrogen-bond donors (Lipinski definition) is 24. The van der Waals surface area contributed by atoms with E-state index in [1.54, 1.807) is 12.1 Å². The Labute approximate surface area is 579 Å². The minimum Gasteiger partial charge on any atom is -0.507 e. The zero-order chi connectivity index (χ0) is 73.7. The predicted octanol–water partition coefficient (Wildman–Crippen LogP) is -7.88. The fourth-order valence-corrected chi connectivity index (χ4v) is 15.2. The standard InChI is InChI=1S/C57H92IN5O34P2/c1-21(93-55-30-16-39(71)46(76)31(18-65)57(30,97-55)95-53(82)25-13-36(68)45(75)28(43(25)73)19-90-98(84,85)86)41(49(59)78)63-50(79)34(6-4-5-11-60-40(72)10-8-24-7-9-35(67)33(58)12-24)62-51(80)42(61-23(3)66)22(2)92-52(81)26-14-37(69)44(74)27(17-64)48(26)94-54-29-15-38(70)47(77)32(56(29,83)96-54)20-91-99(87,88)89/h7,9,12,21-22,25-32,34,36-39,41-48,52-55,64-65,67-71,73-77,81-83H,4-6,8,10-11,13-20H2,1-3H3,(H2,59,78)(H,60,72)(H,61,66)(H,62,80)(H,63,79)(H2,84,85,86)(H2,87,88,89)/t21?,22-,25+,26+,27?,28?,29?,30-,31?,32?,34+,36-,37-,38-,39-,41?,42+,43?,44-,45-,46-,47-,48?,52?,53?,54?,55?,56?,57?/m1/s1/i58-4. The molecule has 7 rings (SSSR count). The lowest BCUT2D eigenvalue weighted by Gasteiger charge is -2.62. The van der Waals surface area contributed by atoms with Gasteiger partial charge in [-0.3, -0.25) is 33.0 Å². The Kier molecular flexibility index (Phi) is 29.0. The van der Waals surface area contributed by atoms with Gasteiger partial charge in [-0.05, 0) is 106 Å². The summed E-state index contributed by atoms with van der Waals surface area (Å²) in [4.78, 5) is 106. The third-order valence-corrected chi connectivity index (χ3v) is 21.2. The molecule has 0 aromatic heterocycles. The first-order valence-corrected chi connectivity index (χ1v) is 36.0. The first kappa shape index (κ1) is 82.8. The first-order chi connectivity index (χ1) is 46.2. The molecule has 99 heavy (non-hydrogen) atoms. The number of unbranched alkanes of at least 4 members (excludes halogenated alkanes) is 1. The molecule has 1 aromatic rings. The van der Waals surface area contributed by atoms with Crippen LogP contribution in [0.1, 0.15) is 77.7 Å². The number of primary amides is 1. The van der Waals surface area contributed by atoms with Crippen LogP contribution in [0.3, 0.4) is 0 Å². The van der Waals surface area contributed by atoms with Crippen molar-refractivity contribution in [3.8, 4) is 5.75 Å². The number of phenols is 1. The van der Waals surface area contributed by atoms with Gasteiger partial charge in [-0.1, -0.05) is 6.07 Å². The molecule has 2 aliphatic heterocycles. The summed E-state index contributed by atoms with van der Waals surface area (Å²) < 4.78 is 68.3. The van der Waals surface area contributed by atoms with Crippen molar-refractivity contribution < 1.29 is 167 Å². The molecule has 15 unspecified atom stereocenters. The molecule has 0 bridgehead atoms. The van der Waals surface area contributed by atoms with Crippen molar-refractivity contribution in [2.24, 2.45) is 53.1 Å². The molecular weight excluding hydrogens is 1480 g/mol. The second kappa shape index (κ2) is 34.6. The Morgan fingerprint density at radius 2 is 1.29 bits per heavy atom. The van der Waals surface area contributed by atoms with Gasteiger partial charge in [0.25, 0.3) is 0 Å². The highest BCUT2D eigenvalue weighted by molar-refractivity contribution is 14.1. The molecule has 0 radical (unpaired) electrons. The van der Waals surface area contributed by atoms with Crippen molar-refractivity contribution in [2.45, 2.75) is 207 Å². The second-order valence-corrected chi connectivity index (χ2v) is 29.7. The summed E-state index contributed by atoms with van der Waals surface area (Å²) >= 11 is 1.94. The zero-order valence-corrected chi connectivity index (χ0v) is 57.6.